The number of nitrogens with one attached hydrogen (secondary N) is 1. The largest absolute Gasteiger partial charge is 0.388 e. The number of rotatable bonds is 3. The average Bonchev–Trinajstić information content (AvgIpc) is 2.89. The number of carbonyl (C=O) groups excluding carboxylic acids is 1. The number of hydrogen-bond donors (Lipinski definition) is 2. The number of carbonyl (C=O) groups is 1. The maximum atomic E-state index is 11.8. The first-order chi connectivity index (χ1) is 9.30. The summed E-state index contributed by atoms with van der Waals surface area (Å²) in [6.45, 7) is 7.04. The van der Waals surface area contributed by atoms with E-state index in [1.165, 1.54) is 0 Å². The number of amides is 1. The van der Waals surface area contributed by atoms with E-state index < -0.39 is 5.60 Å². The lowest BCUT2D eigenvalue weighted by molar-refractivity contribution is -0.0228. The van der Waals surface area contributed by atoms with Crippen molar-refractivity contribution in [3.05, 3.63) is 11.1 Å². The quantitative estimate of drug-likeness (QED) is 0.897. The van der Waals surface area contributed by atoms with Crippen LogP contribution in [0.15, 0.2) is 5.38 Å². The van der Waals surface area contributed by atoms with Gasteiger partial charge in [0.05, 0.1) is 5.60 Å². The van der Waals surface area contributed by atoms with Gasteiger partial charge in [-0.3, -0.25) is 4.79 Å². The van der Waals surface area contributed by atoms with Crippen LogP contribution in [0.2, 0.25) is 0 Å². The monoisotopic (exact) mass is 297 g/mol. The third-order valence-corrected chi connectivity index (χ3v) is 4.82. The molecule has 1 amide bonds. The molecule has 5 nitrogen and oxygen atoms in total. The number of nitrogens with zero attached hydrogens (tertiary/aromatic N) is 2. The molecule has 6 heteroatoms. The third kappa shape index (κ3) is 3.76. The first kappa shape index (κ1) is 15.4. The fraction of sp³-hybridized carbons (Fsp3) is 0.786. The SMILES string of the molecule is CC(C)(C)C1CCC(O)(CNC(=O)c2csnn2)CC1. The molecule has 1 aromatic heterocycles. The van der Waals surface area contributed by atoms with E-state index in [9.17, 15) is 9.90 Å². The second kappa shape index (κ2) is 5.77. The van der Waals surface area contributed by atoms with Crippen molar-refractivity contribution in [2.75, 3.05) is 6.54 Å². The zero-order chi connectivity index (χ0) is 14.8. The Morgan fingerprint density at radius 2 is 2.15 bits per heavy atom. The molecule has 2 N–H and O–H groups in total. The summed E-state index contributed by atoms with van der Waals surface area (Å²) in [6.07, 6.45) is 3.50. The molecule has 1 fully saturated rings. The molecule has 0 unspecified atom stereocenters. The number of hydrogen-bond acceptors (Lipinski definition) is 5. The molecule has 0 aromatic carbocycles. The Hall–Kier alpha value is -1.01. The zero-order valence-electron chi connectivity index (χ0n) is 12.3. The second-order valence-electron chi connectivity index (χ2n) is 6.84. The van der Waals surface area contributed by atoms with Gasteiger partial charge in [0.25, 0.3) is 5.91 Å². The van der Waals surface area contributed by atoms with Crippen LogP contribution in [0.3, 0.4) is 0 Å². The molecule has 112 valence electrons. The molecule has 1 heterocycles. The van der Waals surface area contributed by atoms with Crippen molar-refractivity contribution in [2.45, 2.75) is 52.1 Å². The lowest BCUT2D eigenvalue weighted by Gasteiger charge is -2.41. The minimum atomic E-state index is -0.777. The molecule has 1 aromatic rings. The molecule has 0 spiro atoms. The number of aromatic nitrogens is 2. The van der Waals surface area contributed by atoms with Crippen LogP contribution < -0.4 is 5.32 Å². The van der Waals surface area contributed by atoms with Crippen LogP contribution in [0.1, 0.15) is 56.9 Å². The van der Waals surface area contributed by atoms with Crippen LogP contribution in [0.5, 0.6) is 0 Å². The Kier molecular flexibility index (Phi) is 4.44. The predicted octanol–water partition coefficient (Wildman–Crippen LogP) is 2.24. The first-order valence-corrected chi connectivity index (χ1v) is 7.91. The molecule has 2 rings (SSSR count). The topological polar surface area (TPSA) is 75.1 Å². The van der Waals surface area contributed by atoms with Gasteiger partial charge in [-0.1, -0.05) is 25.3 Å². The molecule has 0 bridgehead atoms. The van der Waals surface area contributed by atoms with Gasteiger partial charge in [0.2, 0.25) is 0 Å². The van der Waals surface area contributed by atoms with E-state index in [0.29, 0.717) is 18.2 Å². The summed E-state index contributed by atoms with van der Waals surface area (Å²) in [5.74, 6) is 0.381. The highest BCUT2D eigenvalue weighted by atomic mass is 32.1. The molecule has 0 atom stereocenters. The lowest BCUT2D eigenvalue weighted by Crippen LogP contribution is -2.46. The summed E-state index contributed by atoms with van der Waals surface area (Å²) in [5, 5.41) is 18.6. The summed E-state index contributed by atoms with van der Waals surface area (Å²) >= 11 is 1.15. The summed E-state index contributed by atoms with van der Waals surface area (Å²) in [6, 6.07) is 0. The van der Waals surface area contributed by atoms with Crippen molar-refractivity contribution in [1.82, 2.24) is 14.9 Å². The van der Waals surface area contributed by atoms with Crippen molar-refractivity contribution < 1.29 is 9.90 Å². The van der Waals surface area contributed by atoms with E-state index >= 15 is 0 Å². The number of aliphatic hydroxyl groups is 1. The molecule has 0 saturated heterocycles. The maximum Gasteiger partial charge on any atom is 0.272 e. The molecular weight excluding hydrogens is 274 g/mol. The second-order valence-corrected chi connectivity index (χ2v) is 7.45. The van der Waals surface area contributed by atoms with E-state index in [-0.39, 0.29) is 11.3 Å². The average molecular weight is 297 g/mol. The summed E-state index contributed by atoms with van der Waals surface area (Å²) in [7, 11) is 0. The van der Waals surface area contributed by atoms with Crippen LogP contribution in [0.4, 0.5) is 0 Å². The van der Waals surface area contributed by atoms with Crippen molar-refractivity contribution in [3.8, 4) is 0 Å². The Morgan fingerprint density at radius 1 is 1.50 bits per heavy atom. The standard InChI is InChI=1S/C14H23N3O2S/c1-13(2,3)10-4-6-14(19,7-5-10)9-15-12(18)11-8-20-17-16-11/h8,10,19H,4-7,9H2,1-3H3,(H,15,18). The van der Waals surface area contributed by atoms with E-state index in [4.69, 9.17) is 0 Å². The van der Waals surface area contributed by atoms with Gasteiger partial charge < -0.3 is 10.4 Å². The van der Waals surface area contributed by atoms with Gasteiger partial charge in [-0.15, -0.1) is 5.10 Å². The van der Waals surface area contributed by atoms with Crippen LogP contribution >= 0.6 is 11.5 Å². The van der Waals surface area contributed by atoms with E-state index in [0.717, 1.165) is 37.2 Å². The van der Waals surface area contributed by atoms with Crippen LogP contribution in [0.25, 0.3) is 0 Å². The maximum absolute atomic E-state index is 11.8. The predicted molar refractivity (Wildman–Crippen MR) is 78.6 cm³/mol. The normalized spacial score (nSPS) is 27.3. The van der Waals surface area contributed by atoms with Crippen molar-refractivity contribution in [1.29, 1.82) is 0 Å². The fourth-order valence-corrected chi connectivity index (χ4v) is 3.23. The van der Waals surface area contributed by atoms with Gasteiger partial charge in [0.15, 0.2) is 5.69 Å². The third-order valence-electron chi connectivity index (χ3n) is 4.31. The molecule has 0 aliphatic heterocycles. The summed E-state index contributed by atoms with van der Waals surface area (Å²) in [4.78, 5) is 11.8. The Labute approximate surface area is 123 Å². The first-order valence-electron chi connectivity index (χ1n) is 7.08. The summed E-state index contributed by atoms with van der Waals surface area (Å²) in [5.41, 5.74) is -0.167. The molecular formula is C14H23N3O2S. The van der Waals surface area contributed by atoms with Crippen LogP contribution in [-0.2, 0) is 0 Å². The lowest BCUT2D eigenvalue weighted by atomic mass is 9.68. The van der Waals surface area contributed by atoms with Crippen molar-refractivity contribution >= 4 is 17.4 Å². The van der Waals surface area contributed by atoms with Crippen LogP contribution in [-0.4, -0.2) is 32.7 Å². The molecule has 0 radical (unpaired) electrons. The van der Waals surface area contributed by atoms with E-state index in [1.807, 2.05) is 0 Å². The highest BCUT2D eigenvalue weighted by Crippen LogP contribution is 2.41. The van der Waals surface area contributed by atoms with Crippen molar-refractivity contribution in [3.63, 3.8) is 0 Å². The minimum absolute atomic E-state index is 0.259. The van der Waals surface area contributed by atoms with Crippen LogP contribution in [0, 0.1) is 11.3 Å². The zero-order valence-corrected chi connectivity index (χ0v) is 13.2. The highest BCUT2D eigenvalue weighted by Gasteiger charge is 2.37. The van der Waals surface area contributed by atoms with Gasteiger partial charge >= 0.3 is 0 Å². The Bertz CT molecular complexity index is 445. The molecule has 1 saturated carbocycles. The molecule has 1 aliphatic rings. The van der Waals surface area contributed by atoms with Crippen molar-refractivity contribution in [2.24, 2.45) is 11.3 Å². The van der Waals surface area contributed by atoms with E-state index in [1.54, 1.807) is 5.38 Å². The fourth-order valence-electron chi connectivity index (χ4n) is 2.80. The van der Waals surface area contributed by atoms with Gasteiger partial charge in [0, 0.05) is 11.9 Å². The van der Waals surface area contributed by atoms with Gasteiger partial charge in [-0.05, 0) is 48.5 Å². The molecule has 1 aliphatic carbocycles. The Morgan fingerprint density at radius 3 is 2.65 bits per heavy atom. The van der Waals surface area contributed by atoms with Gasteiger partial charge in [0.1, 0.15) is 0 Å². The molecule has 20 heavy (non-hydrogen) atoms. The smallest absolute Gasteiger partial charge is 0.272 e. The highest BCUT2D eigenvalue weighted by molar-refractivity contribution is 7.03. The minimum Gasteiger partial charge on any atom is -0.388 e. The van der Waals surface area contributed by atoms with Gasteiger partial charge in [-0.2, -0.15) is 0 Å². The van der Waals surface area contributed by atoms with Gasteiger partial charge in [-0.25, -0.2) is 0 Å². The Balaban J connectivity index is 1.83. The summed E-state index contributed by atoms with van der Waals surface area (Å²) < 4.78 is 3.66. The van der Waals surface area contributed by atoms with E-state index in [2.05, 4.69) is 35.7 Å².